The molecule has 0 fully saturated rings. The zero-order chi connectivity index (χ0) is 13.8. The van der Waals surface area contributed by atoms with Crippen molar-refractivity contribution in [3.63, 3.8) is 0 Å². The van der Waals surface area contributed by atoms with E-state index in [1.807, 2.05) is 6.92 Å². The lowest BCUT2D eigenvalue weighted by molar-refractivity contribution is -0.165. The normalized spacial score (nSPS) is 12.6. The third kappa shape index (κ3) is 3.90. The predicted molar refractivity (Wildman–Crippen MR) is 59.6 cm³/mol. The quantitative estimate of drug-likeness (QED) is 0.825. The number of nitrogens with one attached hydrogen (secondary N) is 1. The summed E-state index contributed by atoms with van der Waals surface area (Å²) in [5, 5.41) is 6.77. The van der Waals surface area contributed by atoms with Gasteiger partial charge in [-0.25, -0.2) is 0 Å². The number of carbonyl (C=O) groups is 1. The zero-order valence-corrected chi connectivity index (χ0v) is 10.1. The number of aromatic nitrogens is 2. The first kappa shape index (κ1) is 14.3. The van der Waals surface area contributed by atoms with Crippen LogP contribution in [0.5, 0.6) is 0 Å². The first-order chi connectivity index (χ1) is 8.34. The van der Waals surface area contributed by atoms with Crippen molar-refractivity contribution < 1.29 is 18.0 Å². The molecule has 0 bridgehead atoms. The summed E-state index contributed by atoms with van der Waals surface area (Å²) in [6.07, 6.45) is -2.67. The van der Waals surface area contributed by atoms with Crippen molar-refractivity contribution >= 4 is 5.78 Å². The van der Waals surface area contributed by atoms with E-state index in [9.17, 15) is 18.0 Å². The molecule has 18 heavy (non-hydrogen) atoms. The summed E-state index contributed by atoms with van der Waals surface area (Å²) in [7, 11) is 0. The molecule has 100 valence electrons. The minimum atomic E-state index is -4.83. The fraction of sp³-hybridized carbons (Fsp3) is 0.455. The molecule has 0 aromatic carbocycles. The molecule has 0 spiro atoms. The highest BCUT2D eigenvalue weighted by Gasteiger charge is 2.36. The van der Waals surface area contributed by atoms with Crippen LogP contribution in [0, 0.1) is 0 Å². The summed E-state index contributed by atoms with van der Waals surface area (Å²) in [4.78, 5) is 10.7. The molecule has 1 N–H and O–H groups in total. The topological polar surface area (TPSA) is 46.9 Å². The predicted octanol–water partition coefficient (Wildman–Crippen LogP) is 2.03. The number of ketones is 1. The van der Waals surface area contributed by atoms with E-state index >= 15 is 0 Å². The standard InChI is InChI=1S/C11H14F3N3O/c1-3-17-9(4-5-16-17)7-15-8(2)6-10(18)11(12,13)14/h4-6,15H,3,7H2,1-2H3/b8-6+. The van der Waals surface area contributed by atoms with Crippen LogP contribution >= 0.6 is 0 Å². The Morgan fingerprint density at radius 1 is 1.56 bits per heavy atom. The number of rotatable bonds is 5. The second-order valence-corrected chi connectivity index (χ2v) is 3.68. The fourth-order valence-corrected chi connectivity index (χ4v) is 1.35. The van der Waals surface area contributed by atoms with Crippen LogP contribution in [0.2, 0.25) is 0 Å². The molecule has 0 atom stereocenters. The van der Waals surface area contributed by atoms with Crippen LogP contribution in [-0.2, 0) is 17.9 Å². The monoisotopic (exact) mass is 261 g/mol. The zero-order valence-electron chi connectivity index (χ0n) is 10.1. The minimum absolute atomic E-state index is 0.168. The van der Waals surface area contributed by atoms with Crippen LogP contribution in [-0.4, -0.2) is 21.7 Å². The van der Waals surface area contributed by atoms with E-state index in [4.69, 9.17) is 0 Å². The van der Waals surface area contributed by atoms with Gasteiger partial charge >= 0.3 is 6.18 Å². The first-order valence-corrected chi connectivity index (χ1v) is 5.38. The molecule has 1 heterocycles. The van der Waals surface area contributed by atoms with Gasteiger partial charge in [0.25, 0.3) is 5.78 Å². The molecule has 4 nitrogen and oxygen atoms in total. The Balaban J connectivity index is 2.59. The lowest BCUT2D eigenvalue weighted by Gasteiger charge is -2.08. The maximum absolute atomic E-state index is 12.0. The third-order valence-electron chi connectivity index (χ3n) is 2.28. The number of allylic oxidation sites excluding steroid dienone is 2. The number of alkyl halides is 3. The van der Waals surface area contributed by atoms with Crippen molar-refractivity contribution in [2.24, 2.45) is 0 Å². The number of hydrogen-bond donors (Lipinski definition) is 1. The van der Waals surface area contributed by atoms with Gasteiger partial charge in [0.05, 0.1) is 12.2 Å². The average molecular weight is 261 g/mol. The van der Waals surface area contributed by atoms with Gasteiger partial charge in [0.2, 0.25) is 0 Å². The summed E-state index contributed by atoms with van der Waals surface area (Å²) >= 11 is 0. The Morgan fingerprint density at radius 2 is 2.22 bits per heavy atom. The molecule has 0 aliphatic heterocycles. The molecule has 0 radical (unpaired) electrons. The molecule has 1 aromatic heterocycles. The Labute approximate surface area is 102 Å². The Hall–Kier alpha value is -1.79. The van der Waals surface area contributed by atoms with Crippen LogP contribution < -0.4 is 5.32 Å². The van der Waals surface area contributed by atoms with E-state index in [-0.39, 0.29) is 5.70 Å². The van der Waals surface area contributed by atoms with Crippen molar-refractivity contribution in [2.75, 3.05) is 0 Å². The Kier molecular flexibility index (Phi) is 4.52. The molecule has 1 aromatic rings. The van der Waals surface area contributed by atoms with Gasteiger partial charge in [-0.15, -0.1) is 0 Å². The maximum atomic E-state index is 12.0. The van der Waals surface area contributed by atoms with Gasteiger partial charge in [0.1, 0.15) is 0 Å². The van der Waals surface area contributed by atoms with Gasteiger partial charge in [0.15, 0.2) is 0 Å². The molecule has 7 heteroatoms. The highest BCUT2D eigenvalue weighted by atomic mass is 19.4. The number of halogens is 3. The van der Waals surface area contributed by atoms with Gasteiger partial charge in [-0.05, 0) is 19.9 Å². The molecule has 0 unspecified atom stereocenters. The van der Waals surface area contributed by atoms with Crippen molar-refractivity contribution in [3.05, 3.63) is 29.7 Å². The lowest BCUT2D eigenvalue weighted by Crippen LogP contribution is -2.23. The number of hydrogen-bond acceptors (Lipinski definition) is 3. The van der Waals surface area contributed by atoms with Gasteiger partial charge < -0.3 is 5.32 Å². The van der Waals surface area contributed by atoms with Gasteiger partial charge in [-0.2, -0.15) is 18.3 Å². The van der Waals surface area contributed by atoms with Crippen molar-refractivity contribution in [1.82, 2.24) is 15.1 Å². The van der Waals surface area contributed by atoms with E-state index in [2.05, 4.69) is 10.4 Å². The van der Waals surface area contributed by atoms with Crippen molar-refractivity contribution in [2.45, 2.75) is 33.1 Å². The molecule has 0 amide bonds. The van der Waals surface area contributed by atoms with Crippen molar-refractivity contribution in [3.8, 4) is 0 Å². The largest absolute Gasteiger partial charge is 0.454 e. The summed E-state index contributed by atoms with van der Waals surface area (Å²) < 4.78 is 37.7. The first-order valence-electron chi connectivity index (χ1n) is 5.38. The highest BCUT2D eigenvalue weighted by Crippen LogP contribution is 2.17. The van der Waals surface area contributed by atoms with E-state index in [0.29, 0.717) is 19.2 Å². The lowest BCUT2D eigenvalue weighted by atomic mass is 10.3. The molecular weight excluding hydrogens is 247 g/mol. The molecule has 1 rings (SSSR count). The minimum Gasteiger partial charge on any atom is -0.383 e. The maximum Gasteiger partial charge on any atom is 0.454 e. The molecule has 0 saturated carbocycles. The number of aryl methyl sites for hydroxylation is 1. The Bertz CT molecular complexity index is 449. The molecule has 0 saturated heterocycles. The van der Waals surface area contributed by atoms with Gasteiger partial charge in [-0.1, -0.05) is 0 Å². The number of carbonyl (C=O) groups excluding carboxylic acids is 1. The summed E-state index contributed by atoms with van der Waals surface area (Å²) in [6, 6.07) is 1.76. The van der Waals surface area contributed by atoms with Crippen LogP contribution in [0.3, 0.4) is 0 Å². The van der Waals surface area contributed by atoms with Crippen LogP contribution in [0.1, 0.15) is 19.5 Å². The van der Waals surface area contributed by atoms with Crippen LogP contribution in [0.25, 0.3) is 0 Å². The third-order valence-corrected chi connectivity index (χ3v) is 2.28. The molecular formula is C11H14F3N3O. The van der Waals surface area contributed by atoms with Crippen molar-refractivity contribution in [1.29, 1.82) is 0 Å². The van der Waals surface area contributed by atoms with E-state index in [0.717, 1.165) is 5.69 Å². The smallest absolute Gasteiger partial charge is 0.383 e. The van der Waals surface area contributed by atoms with E-state index in [1.54, 1.807) is 16.9 Å². The van der Waals surface area contributed by atoms with Gasteiger partial charge in [0, 0.05) is 24.5 Å². The van der Waals surface area contributed by atoms with E-state index < -0.39 is 12.0 Å². The van der Waals surface area contributed by atoms with Gasteiger partial charge in [-0.3, -0.25) is 9.48 Å². The van der Waals surface area contributed by atoms with Crippen LogP contribution in [0.4, 0.5) is 13.2 Å². The molecule has 0 aliphatic rings. The summed E-state index contributed by atoms with van der Waals surface area (Å²) in [6.45, 7) is 4.32. The summed E-state index contributed by atoms with van der Waals surface area (Å²) in [5.74, 6) is -1.86. The average Bonchev–Trinajstić information content (AvgIpc) is 2.72. The number of nitrogens with zero attached hydrogens (tertiary/aromatic N) is 2. The second-order valence-electron chi connectivity index (χ2n) is 3.68. The van der Waals surface area contributed by atoms with Crippen LogP contribution in [0.15, 0.2) is 24.0 Å². The highest BCUT2D eigenvalue weighted by molar-refractivity contribution is 5.94. The Morgan fingerprint density at radius 3 is 2.78 bits per heavy atom. The fourth-order valence-electron chi connectivity index (χ4n) is 1.35. The SMILES string of the molecule is CCn1nccc1CN/C(C)=C/C(=O)C(F)(F)F. The summed E-state index contributed by atoms with van der Waals surface area (Å²) in [5.41, 5.74) is 1.01. The van der Waals surface area contributed by atoms with E-state index in [1.165, 1.54) is 6.92 Å². The molecule has 0 aliphatic carbocycles. The second kappa shape index (κ2) is 5.70.